The van der Waals surface area contributed by atoms with Crippen molar-refractivity contribution in [2.45, 2.75) is 50.6 Å². The van der Waals surface area contributed by atoms with Crippen LogP contribution in [0.2, 0.25) is 0 Å². The highest BCUT2D eigenvalue weighted by molar-refractivity contribution is 6.09. The second kappa shape index (κ2) is 6.87. The number of carbonyl (C=O) groups excluding carboxylic acids is 3. The van der Waals surface area contributed by atoms with Crippen LogP contribution >= 0.6 is 0 Å². The fourth-order valence-corrected chi connectivity index (χ4v) is 4.29. The summed E-state index contributed by atoms with van der Waals surface area (Å²) in [6.07, 6.45) is 3.76. The van der Waals surface area contributed by atoms with Crippen LogP contribution in [-0.2, 0) is 9.59 Å². The number of nitrogens with one attached hydrogen (secondary N) is 2. The van der Waals surface area contributed by atoms with Gasteiger partial charge in [-0.2, -0.15) is 0 Å². The van der Waals surface area contributed by atoms with E-state index in [9.17, 15) is 14.4 Å². The molecule has 0 aromatic heterocycles. The van der Waals surface area contributed by atoms with E-state index in [1.54, 1.807) is 0 Å². The van der Waals surface area contributed by atoms with Crippen molar-refractivity contribution in [2.24, 2.45) is 5.92 Å². The van der Waals surface area contributed by atoms with Gasteiger partial charge in [0.15, 0.2) is 0 Å². The van der Waals surface area contributed by atoms with E-state index in [2.05, 4.69) is 17.6 Å². The minimum Gasteiger partial charge on any atom is -0.493 e. The van der Waals surface area contributed by atoms with Crippen molar-refractivity contribution >= 4 is 17.8 Å². The number of hydrogen-bond acceptors (Lipinski definition) is 4. The fourth-order valence-electron chi connectivity index (χ4n) is 4.29. The Labute approximate surface area is 158 Å². The molecule has 2 N–H and O–H groups in total. The average Bonchev–Trinajstić information content (AvgIpc) is 2.89. The van der Waals surface area contributed by atoms with Gasteiger partial charge < -0.3 is 15.4 Å². The number of carbonyl (C=O) groups is 3. The van der Waals surface area contributed by atoms with Crippen molar-refractivity contribution in [1.29, 1.82) is 0 Å². The zero-order valence-corrected chi connectivity index (χ0v) is 15.5. The van der Waals surface area contributed by atoms with Crippen molar-refractivity contribution in [1.82, 2.24) is 15.5 Å². The van der Waals surface area contributed by atoms with Gasteiger partial charge in [0.05, 0.1) is 12.6 Å². The highest BCUT2D eigenvalue weighted by Gasteiger charge is 2.52. The van der Waals surface area contributed by atoms with E-state index in [1.165, 1.54) is 0 Å². The van der Waals surface area contributed by atoms with Gasteiger partial charge in [-0.3, -0.25) is 14.5 Å². The summed E-state index contributed by atoms with van der Waals surface area (Å²) in [5, 5.41) is 5.80. The summed E-state index contributed by atoms with van der Waals surface area (Å²) < 4.78 is 5.61. The smallest absolute Gasteiger partial charge is 0.325 e. The molecule has 7 nitrogen and oxygen atoms in total. The SMILES string of the molecule is CC1CCC2(CC1)NC(=O)N(CC(=O)N[C@@H]1CCOc3ccccc31)C2=O. The number of hydrogen-bond donors (Lipinski definition) is 2. The maximum absolute atomic E-state index is 12.9. The Morgan fingerprint density at radius 3 is 2.78 bits per heavy atom. The van der Waals surface area contributed by atoms with Crippen LogP contribution in [0.5, 0.6) is 5.75 Å². The normalized spacial score (nSPS) is 29.9. The molecule has 4 amide bonds. The highest BCUT2D eigenvalue weighted by atomic mass is 16.5. The molecule has 2 fully saturated rings. The standard InChI is InChI=1S/C20H25N3O4/c1-13-6-9-20(10-7-13)18(25)23(19(26)22-20)12-17(24)21-15-8-11-27-16-5-3-2-4-14(15)16/h2-5,13,15H,6-12H2,1H3,(H,21,24)(H,22,26)/t13?,15-,20?/m1/s1. The van der Waals surface area contributed by atoms with E-state index in [-0.39, 0.29) is 24.4 Å². The van der Waals surface area contributed by atoms with Crippen molar-refractivity contribution in [3.05, 3.63) is 29.8 Å². The van der Waals surface area contributed by atoms with E-state index >= 15 is 0 Å². The lowest BCUT2D eigenvalue weighted by Crippen LogP contribution is -2.50. The first-order valence-corrected chi connectivity index (χ1v) is 9.64. The third kappa shape index (κ3) is 3.26. The summed E-state index contributed by atoms with van der Waals surface area (Å²) in [6.45, 7) is 2.43. The molecule has 1 saturated carbocycles. The van der Waals surface area contributed by atoms with Crippen LogP contribution in [0, 0.1) is 5.92 Å². The molecule has 3 aliphatic rings. The van der Waals surface area contributed by atoms with Gasteiger partial charge in [0, 0.05) is 12.0 Å². The molecule has 1 aliphatic carbocycles. The zero-order chi connectivity index (χ0) is 19.0. The lowest BCUT2D eigenvalue weighted by Gasteiger charge is -2.33. The number of urea groups is 1. The number of amides is 4. The number of benzene rings is 1. The second-order valence-corrected chi connectivity index (χ2v) is 7.88. The van der Waals surface area contributed by atoms with Crippen molar-refractivity contribution in [3.63, 3.8) is 0 Å². The third-order valence-corrected chi connectivity index (χ3v) is 5.97. The molecule has 4 rings (SSSR count). The number of ether oxygens (including phenoxy) is 1. The maximum Gasteiger partial charge on any atom is 0.325 e. The largest absolute Gasteiger partial charge is 0.493 e. The van der Waals surface area contributed by atoms with Crippen LogP contribution < -0.4 is 15.4 Å². The molecule has 144 valence electrons. The monoisotopic (exact) mass is 371 g/mol. The predicted octanol–water partition coefficient (Wildman–Crippen LogP) is 2.13. The minimum atomic E-state index is -0.810. The number of imide groups is 1. The summed E-state index contributed by atoms with van der Waals surface area (Å²) in [5.74, 6) is 0.731. The lowest BCUT2D eigenvalue weighted by molar-refractivity contribution is -0.136. The van der Waals surface area contributed by atoms with Gasteiger partial charge in [-0.15, -0.1) is 0 Å². The predicted molar refractivity (Wildman–Crippen MR) is 98.0 cm³/mol. The average molecular weight is 371 g/mol. The molecule has 2 aliphatic heterocycles. The van der Waals surface area contributed by atoms with Gasteiger partial charge in [0.2, 0.25) is 5.91 Å². The van der Waals surface area contributed by atoms with Crippen molar-refractivity contribution < 1.29 is 19.1 Å². The quantitative estimate of drug-likeness (QED) is 0.797. The van der Waals surface area contributed by atoms with E-state index in [0.717, 1.165) is 29.1 Å². The zero-order valence-electron chi connectivity index (χ0n) is 15.5. The van der Waals surface area contributed by atoms with Gasteiger partial charge in [-0.25, -0.2) is 4.79 Å². The van der Waals surface area contributed by atoms with Crippen molar-refractivity contribution in [3.8, 4) is 5.75 Å². The van der Waals surface area contributed by atoms with Crippen LogP contribution in [0.3, 0.4) is 0 Å². The van der Waals surface area contributed by atoms with E-state index < -0.39 is 11.6 Å². The molecule has 0 unspecified atom stereocenters. The van der Waals surface area contributed by atoms with Crippen LogP contribution in [0.25, 0.3) is 0 Å². The first-order valence-electron chi connectivity index (χ1n) is 9.64. The topological polar surface area (TPSA) is 87.7 Å². The molecule has 0 bridgehead atoms. The van der Waals surface area contributed by atoms with Crippen LogP contribution in [0.4, 0.5) is 4.79 Å². The molecule has 1 atom stereocenters. The van der Waals surface area contributed by atoms with Crippen LogP contribution in [-0.4, -0.2) is 41.4 Å². The van der Waals surface area contributed by atoms with Gasteiger partial charge >= 0.3 is 6.03 Å². The maximum atomic E-state index is 12.9. The van der Waals surface area contributed by atoms with E-state index in [4.69, 9.17) is 4.74 Å². The third-order valence-electron chi connectivity index (χ3n) is 5.97. The van der Waals surface area contributed by atoms with Gasteiger partial charge in [-0.05, 0) is 37.7 Å². The van der Waals surface area contributed by atoms with Crippen LogP contribution in [0.1, 0.15) is 50.6 Å². The second-order valence-electron chi connectivity index (χ2n) is 7.88. The number of para-hydroxylation sites is 1. The Hall–Kier alpha value is -2.57. The molecular weight excluding hydrogens is 346 g/mol. The van der Waals surface area contributed by atoms with E-state index in [0.29, 0.717) is 31.8 Å². The Kier molecular flexibility index (Phi) is 4.53. The Balaban J connectivity index is 1.42. The molecule has 0 radical (unpaired) electrons. The first-order chi connectivity index (χ1) is 13.0. The summed E-state index contributed by atoms with van der Waals surface area (Å²) in [5.41, 5.74) is 0.113. The Bertz CT molecular complexity index is 770. The Morgan fingerprint density at radius 1 is 1.26 bits per heavy atom. The van der Waals surface area contributed by atoms with Crippen molar-refractivity contribution in [2.75, 3.05) is 13.2 Å². The molecular formula is C20H25N3O4. The highest BCUT2D eigenvalue weighted by Crippen LogP contribution is 2.36. The molecule has 1 aromatic rings. The van der Waals surface area contributed by atoms with Gasteiger partial charge in [-0.1, -0.05) is 25.1 Å². The summed E-state index contributed by atoms with van der Waals surface area (Å²) in [6, 6.07) is 6.95. The number of nitrogens with zero attached hydrogens (tertiary/aromatic N) is 1. The summed E-state index contributed by atoms with van der Waals surface area (Å²) in [7, 11) is 0. The lowest BCUT2D eigenvalue weighted by atomic mass is 9.77. The number of rotatable bonds is 3. The minimum absolute atomic E-state index is 0.173. The first kappa shape index (κ1) is 17.8. The van der Waals surface area contributed by atoms with Crippen LogP contribution in [0.15, 0.2) is 24.3 Å². The molecule has 7 heteroatoms. The molecule has 27 heavy (non-hydrogen) atoms. The van der Waals surface area contributed by atoms with Gasteiger partial charge in [0.25, 0.3) is 5.91 Å². The molecule has 1 spiro atoms. The molecule has 1 saturated heterocycles. The fraction of sp³-hybridized carbons (Fsp3) is 0.550. The molecule has 1 aromatic carbocycles. The molecule has 2 heterocycles. The summed E-state index contributed by atoms with van der Waals surface area (Å²) in [4.78, 5) is 38.9. The number of fused-ring (bicyclic) bond motifs is 1. The Morgan fingerprint density at radius 2 is 2.00 bits per heavy atom. The van der Waals surface area contributed by atoms with Gasteiger partial charge in [0.1, 0.15) is 17.8 Å². The summed E-state index contributed by atoms with van der Waals surface area (Å²) >= 11 is 0. The van der Waals surface area contributed by atoms with E-state index in [1.807, 2.05) is 24.3 Å².